The van der Waals surface area contributed by atoms with E-state index in [0.717, 1.165) is 0 Å². The minimum atomic E-state index is 0. The van der Waals surface area contributed by atoms with E-state index in [2.05, 4.69) is 84.9 Å². The van der Waals surface area contributed by atoms with Gasteiger partial charge in [-0.05, 0) is 11.8 Å². The number of allylic oxidation sites excluding steroid dienone is 4. The molecule has 2 aromatic carbocycles. The summed E-state index contributed by atoms with van der Waals surface area (Å²) in [6.45, 7) is 19.4. The molecule has 0 aliphatic rings. The van der Waals surface area contributed by atoms with Crippen molar-refractivity contribution in [3.8, 4) is 0 Å². The molecule has 0 saturated carbocycles. The van der Waals surface area contributed by atoms with Crippen LogP contribution in [0.4, 0.5) is 0 Å². The number of benzene rings is 1. The van der Waals surface area contributed by atoms with Crippen LogP contribution in [-0.2, 0) is 26.2 Å². The van der Waals surface area contributed by atoms with Crippen molar-refractivity contribution in [1.82, 2.24) is 0 Å². The first-order valence-electron chi connectivity index (χ1n) is 9.06. The molecule has 0 saturated heterocycles. The van der Waals surface area contributed by atoms with Crippen LogP contribution < -0.4 is 0 Å². The molecule has 0 fully saturated rings. The second kappa shape index (κ2) is 11.0. The number of rotatable bonds is 3. The van der Waals surface area contributed by atoms with Gasteiger partial charge < -0.3 is 0 Å². The summed E-state index contributed by atoms with van der Waals surface area (Å²) < 4.78 is 0. The van der Waals surface area contributed by atoms with Crippen molar-refractivity contribution in [3.05, 3.63) is 64.3 Å². The van der Waals surface area contributed by atoms with Crippen molar-refractivity contribution in [2.75, 3.05) is 0 Å². The Bertz CT molecular complexity index is 708. The van der Waals surface area contributed by atoms with E-state index >= 15 is 0 Å². The maximum atomic E-state index is 3.06. The molecule has 0 heterocycles. The van der Waals surface area contributed by atoms with E-state index in [4.69, 9.17) is 0 Å². The first kappa shape index (κ1) is 24.2. The van der Waals surface area contributed by atoms with E-state index in [1.54, 1.807) is 0 Å². The van der Waals surface area contributed by atoms with Crippen molar-refractivity contribution in [3.63, 3.8) is 0 Å². The summed E-state index contributed by atoms with van der Waals surface area (Å²) in [4.78, 5) is 0. The fourth-order valence-corrected chi connectivity index (χ4v) is 2.75. The van der Waals surface area contributed by atoms with Gasteiger partial charge in [0.15, 0.2) is 0 Å². The largest absolute Gasteiger partial charge is 2.00 e. The summed E-state index contributed by atoms with van der Waals surface area (Å²) in [6.07, 6.45) is 5.15. The van der Waals surface area contributed by atoms with Crippen LogP contribution in [0.2, 0.25) is 0 Å². The van der Waals surface area contributed by atoms with E-state index in [1.807, 2.05) is 13.8 Å². The van der Waals surface area contributed by atoms with Crippen LogP contribution in [0.3, 0.4) is 0 Å². The molecule has 0 unspecified atom stereocenters. The zero-order chi connectivity index (χ0) is 18.4. The van der Waals surface area contributed by atoms with Gasteiger partial charge in [0.2, 0.25) is 0 Å². The van der Waals surface area contributed by atoms with Gasteiger partial charge in [0, 0.05) is 0 Å². The van der Waals surface area contributed by atoms with Crippen molar-refractivity contribution >= 4 is 10.8 Å². The minimum absolute atomic E-state index is 0. The number of hydrogen-bond acceptors (Lipinski definition) is 0. The molecule has 0 bridgehead atoms. The molecule has 0 spiro atoms. The average Bonchev–Trinajstić information content (AvgIpc) is 2.92. The molecule has 0 N–H and O–H groups in total. The monoisotopic (exact) mass is 412 g/mol. The molecule has 0 radical (unpaired) electrons. The van der Waals surface area contributed by atoms with E-state index in [1.165, 1.54) is 38.6 Å². The summed E-state index contributed by atoms with van der Waals surface area (Å²) in [5.74, 6) is 1.21. The topological polar surface area (TPSA) is 0 Å². The third-order valence-electron chi connectivity index (χ3n) is 4.71. The summed E-state index contributed by atoms with van der Waals surface area (Å²) in [6, 6.07) is 9.35. The van der Waals surface area contributed by atoms with Crippen LogP contribution in [-0.4, -0.2) is 0 Å². The van der Waals surface area contributed by atoms with Gasteiger partial charge in [0.25, 0.3) is 0 Å². The van der Waals surface area contributed by atoms with Crippen molar-refractivity contribution in [1.29, 1.82) is 0 Å². The molecule has 134 valence electrons. The Morgan fingerprint density at radius 1 is 1.04 bits per heavy atom. The third kappa shape index (κ3) is 6.78. The Morgan fingerprint density at radius 3 is 2.04 bits per heavy atom. The number of hydrogen-bond donors (Lipinski definition) is 0. The van der Waals surface area contributed by atoms with E-state index in [-0.39, 0.29) is 26.2 Å². The number of aryl methyl sites for hydroxylation is 1. The van der Waals surface area contributed by atoms with Crippen molar-refractivity contribution < 1.29 is 26.2 Å². The molecule has 0 aliphatic carbocycles. The molecule has 0 nitrogen and oxygen atoms in total. The Balaban J connectivity index is 0.000000552. The van der Waals surface area contributed by atoms with Gasteiger partial charge in [-0.25, -0.2) is 11.1 Å². The van der Waals surface area contributed by atoms with Crippen LogP contribution in [0, 0.1) is 13.0 Å². The van der Waals surface area contributed by atoms with Gasteiger partial charge in [-0.15, -0.1) is 42.3 Å². The van der Waals surface area contributed by atoms with Crippen LogP contribution >= 0.6 is 0 Å². The average molecular weight is 414 g/mol. The van der Waals surface area contributed by atoms with Gasteiger partial charge in [-0.3, -0.25) is 6.08 Å². The fourth-order valence-electron chi connectivity index (χ4n) is 2.75. The molecule has 0 aromatic heterocycles. The van der Waals surface area contributed by atoms with Crippen molar-refractivity contribution in [2.24, 2.45) is 0 Å². The quantitative estimate of drug-likeness (QED) is 0.355. The van der Waals surface area contributed by atoms with E-state index in [9.17, 15) is 0 Å². The van der Waals surface area contributed by atoms with Gasteiger partial charge >= 0.3 is 26.2 Å². The maximum Gasteiger partial charge on any atom is 2.00 e. The fraction of sp³-hybridized carbons (Fsp3) is 0.458. The summed E-state index contributed by atoms with van der Waals surface area (Å²) in [5, 5.41) is 2.85. The summed E-state index contributed by atoms with van der Waals surface area (Å²) in [7, 11) is 0. The Labute approximate surface area is 174 Å². The molecule has 0 amide bonds. The van der Waals surface area contributed by atoms with Crippen LogP contribution in [0.5, 0.6) is 0 Å². The molecule has 0 atom stereocenters. The van der Waals surface area contributed by atoms with E-state index < -0.39 is 0 Å². The minimum Gasteiger partial charge on any atom is -0.275 e. The predicted molar refractivity (Wildman–Crippen MR) is 110 cm³/mol. The van der Waals surface area contributed by atoms with Gasteiger partial charge in [0.05, 0.1) is 0 Å². The van der Waals surface area contributed by atoms with Crippen LogP contribution in [0.25, 0.3) is 10.8 Å². The Kier molecular flexibility index (Phi) is 10.7. The van der Waals surface area contributed by atoms with E-state index in [0.29, 0.717) is 11.8 Å². The summed E-state index contributed by atoms with van der Waals surface area (Å²) in [5.41, 5.74) is 6.88. The standard InChI is InChI=1S/C16H21.C8H13.Zr/c1-10(2)13-8-14-6-12(5)7-16(14)15(9-13)11(3)4;1-5-7(3)8(4)6-2;/h6-11H,1-5H3;5H,1-4H3;/q2*-1;+2. The molecule has 2 rings (SSSR count). The smallest absolute Gasteiger partial charge is 0.275 e. The zero-order valence-electron chi connectivity index (χ0n) is 17.5. The maximum absolute atomic E-state index is 3.06. The summed E-state index contributed by atoms with van der Waals surface area (Å²) >= 11 is 0. The molecule has 1 heteroatoms. The Hall–Kier alpha value is -0.807. The van der Waals surface area contributed by atoms with Gasteiger partial charge in [0.1, 0.15) is 0 Å². The molecule has 0 aliphatic heterocycles. The predicted octanol–water partition coefficient (Wildman–Crippen LogP) is 7.83. The first-order chi connectivity index (χ1) is 11.2. The normalized spacial score (nSPS) is 12.3. The molecule has 25 heavy (non-hydrogen) atoms. The van der Waals surface area contributed by atoms with Crippen LogP contribution in [0.15, 0.2) is 41.5 Å². The number of fused-ring (bicyclic) bond motifs is 1. The van der Waals surface area contributed by atoms with Crippen molar-refractivity contribution in [2.45, 2.75) is 74.1 Å². The van der Waals surface area contributed by atoms with Crippen LogP contribution in [0.1, 0.15) is 83.9 Å². The Morgan fingerprint density at radius 2 is 1.64 bits per heavy atom. The zero-order valence-corrected chi connectivity index (χ0v) is 20.0. The second-order valence-corrected chi connectivity index (χ2v) is 7.30. The van der Waals surface area contributed by atoms with Gasteiger partial charge in [-0.1, -0.05) is 65.7 Å². The first-order valence-corrected chi connectivity index (χ1v) is 9.06. The SMILES string of the molecule is C[C-]=C(C)C(C)=CC.Cc1cc2c(C(C)C)cc(C(C)C)cc2[cH-]1.[Zr+2]. The molecular weight excluding hydrogens is 379 g/mol. The molecular formula is C24H34Zr. The van der Waals surface area contributed by atoms with Gasteiger partial charge in [-0.2, -0.15) is 12.1 Å². The second-order valence-electron chi connectivity index (χ2n) is 7.30. The molecule has 2 aromatic rings. The third-order valence-corrected chi connectivity index (χ3v) is 4.71.